The first-order valence-electron chi connectivity index (χ1n) is 7.75. The molecule has 1 aromatic heterocycles. The van der Waals surface area contributed by atoms with E-state index in [1.165, 1.54) is 0 Å². The van der Waals surface area contributed by atoms with Crippen molar-refractivity contribution in [3.05, 3.63) is 83.7 Å². The number of carbonyl (C=O) groups is 1. The average molecular weight is 328 g/mol. The Morgan fingerprint density at radius 2 is 1.64 bits per heavy atom. The third kappa shape index (κ3) is 4.21. The lowest BCUT2D eigenvalue weighted by Gasteiger charge is -2.09. The highest BCUT2D eigenvalue weighted by molar-refractivity contribution is 6.03. The molecule has 5 heteroatoms. The van der Waals surface area contributed by atoms with Crippen LogP contribution in [-0.2, 0) is 0 Å². The molecule has 0 aliphatic heterocycles. The van der Waals surface area contributed by atoms with Gasteiger partial charge >= 0.3 is 0 Å². The molecule has 0 atom stereocenters. The second-order valence-electron chi connectivity index (χ2n) is 5.56. The van der Waals surface area contributed by atoms with Gasteiger partial charge < -0.3 is 10.6 Å². The van der Waals surface area contributed by atoms with E-state index >= 15 is 0 Å². The Labute approximate surface area is 146 Å². The maximum Gasteiger partial charge on any atom is 0.274 e. The molecule has 2 aromatic carbocycles. The minimum atomic E-state index is -0.271. The van der Waals surface area contributed by atoms with Gasteiger partial charge in [-0.1, -0.05) is 17.7 Å². The van der Waals surface area contributed by atoms with Crippen molar-refractivity contribution in [2.45, 2.75) is 6.92 Å². The molecule has 0 radical (unpaired) electrons. The number of amides is 1. The van der Waals surface area contributed by atoms with Gasteiger partial charge in [0.15, 0.2) is 0 Å². The van der Waals surface area contributed by atoms with Gasteiger partial charge in [0.2, 0.25) is 0 Å². The van der Waals surface area contributed by atoms with Crippen LogP contribution >= 0.6 is 0 Å². The highest BCUT2D eigenvalue weighted by Gasteiger charge is 2.08. The quantitative estimate of drug-likeness (QED) is 0.750. The first-order valence-corrected chi connectivity index (χ1v) is 7.75. The monoisotopic (exact) mass is 328 g/mol. The predicted molar refractivity (Wildman–Crippen MR) is 97.8 cm³/mol. The molecule has 0 saturated heterocycles. The number of carbonyl (C=O) groups excluding carboxylic acids is 1. The molecule has 0 aliphatic carbocycles. The first-order chi connectivity index (χ1) is 12.1. The van der Waals surface area contributed by atoms with Crippen LogP contribution in [0.1, 0.15) is 21.6 Å². The fraction of sp³-hybridized carbons (Fsp3) is 0.0500. The van der Waals surface area contributed by atoms with Crippen molar-refractivity contribution in [1.82, 2.24) is 4.98 Å². The number of nitrogens with zero attached hydrogens (tertiary/aromatic N) is 2. The molecule has 25 heavy (non-hydrogen) atoms. The van der Waals surface area contributed by atoms with E-state index in [0.29, 0.717) is 11.3 Å². The molecular weight excluding hydrogens is 312 g/mol. The Morgan fingerprint density at radius 3 is 2.32 bits per heavy atom. The third-order valence-corrected chi connectivity index (χ3v) is 3.60. The summed E-state index contributed by atoms with van der Waals surface area (Å²) in [7, 11) is 0. The average Bonchev–Trinajstić information content (AvgIpc) is 2.64. The fourth-order valence-corrected chi connectivity index (χ4v) is 2.26. The molecule has 2 N–H and O–H groups in total. The Morgan fingerprint density at radius 1 is 0.960 bits per heavy atom. The van der Waals surface area contributed by atoms with Crippen molar-refractivity contribution in [3.63, 3.8) is 0 Å². The van der Waals surface area contributed by atoms with Crippen LogP contribution in [-0.4, -0.2) is 10.9 Å². The molecule has 3 aromatic rings. The zero-order chi connectivity index (χ0) is 17.6. The van der Waals surface area contributed by atoms with Crippen LogP contribution in [0.5, 0.6) is 0 Å². The van der Waals surface area contributed by atoms with Crippen LogP contribution < -0.4 is 10.6 Å². The number of nitriles is 1. The SMILES string of the molecule is Cc1ccc(NC(=O)c2cc(Nc3ccc(C#N)cc3)ccn2)cc1. The van der Waals surface area contributed by atoms with Gasteiger partial charge in [0.25, 0.3) is 5.91 Å². The predicted octanol–water partition coefficient (Wildman–Crippen LogP) is 4.26. The molecule has 0 saturated carbocycles. The molecule has 0 spiro atoms. The second-order valence-corrected chi connectivity index (χ2v) is 5.56. The molecule has 122 valence electrons. The number of aromatic nitrogens is 1. The van der Waals surface area contributed by atoms with Crippen LogP contribution in [0, 0.1) is 18.3 Å². The number of nitrogens with one attached hydrogen (secondary N) is 2. The van der Waals surface area contributed by atoms with Crippen LogP contribution in [0.3, 0.4) is 0 Å². The summed E-state index contributed by atoms with van der Waals surface area (Å²) in [6.45, 7) is 1.99. The highest BCUT2D eigenvalue weighted by atomic mass is 16.1. The van der Waals surface area contributed by atoms with Crippen molar-refractivity contribution in [2.75, 3.05) is 10.6 Å². The Hall–Kier alpha value is -3.65. The molecule has 1 amide bonds. The van der Waals surface area contributed by atoms with Gasteiger partial charge in [-0.3, -0.25) is 9.78 Å². The van der Waals surface area contributed by atoms with E-state index in [1.54, 1.807) is 30.5 Å². The van der Waals surface area contributed by atoms with E-state index in [-0.39, 0.29) is 5.91 Å². The molecule has 5 nitrogen and oxygen atoms in total. The number of pyridine rings is 1. The number of hydrogen-bond donors (Lipinski definition) is 2. The van der Waals surface area contributed by atoms with Crippen LogP contribution in [0.4, 0.5) is 17.1 Å². The number of anilines is 3. The molecule has 0 unspecified atom stereocenters. The molecule has 3 rings (SSSR count). The Bertz CT molecular complexity index is 925. The highest BCUT2D eigenvalue weighted by Crippen LogP contribution is 2.18. The van der Waals surface area contributed by atoms with Gasteiger partial charge in [0.05, 0.1) is 11.6 Å². The molecule has 1 heterocycles. The summed E-state index contributed by atoms with van der Waals surface area (Å²) in [5, 5.41) is 14.8. The van der Waals surface area contributed by atoms with E-state index in [0.717, 1.165) is 22.6 Å². The lowest BCUT2D eigenvalue weighted by molar-refractivity contribution is 0.102. The topological polar surface area (TPSA) is 77.8 Å². The van der Waals surface area contributed by atoms with Crippen LogP contribution in [0.2, 0.25) is 0 Å². The minimum Gasteiger partial charge on any atom is -0.355 e. The van der Waals surface area contributed by atoms with E-state index in [2.05, 4.69) is 21.7 Å². The zero-order valence-electron chi connectivity index (χ0n) is 13.7. The van der Waals surface area contributed by atoms with Crippen molar-refractivity contribution >= 4 is 23.0 Å². The van der Waals surface area contributed by atoms with Crippen LogP contribution in [0.15, 0.2) is 66.9 Å². The summed E-state index contributed by atoms with van der Waals surface area (Å²) in [5.74, 6) is -0.271. The Balaban J connectivity index is 1.72. The molecule has 0 bridgehead atoms. The van der Waals surface area contributed by atoms with Crippen molar-refractivity contribution < 1.29 is 4.79 Å². The van der Waals surface area contributed by atoms with Crippen molar-refractivity contribution in [3.8, 4) is 6.07 Å². The van der Waals surface area contributed by atoms with Gasteiger partial charge in [-0.15, -0.1) is 0 Å². The summed E-state index contributed by atoms with van der Waals surface area (Å²) in [6.07, 6.45) is 1.58. The van der Waals surface area contributed by atoms with Gasteiger partial charge in [-0.25, -0.2) is 0 Å². The van der Waals surface area contributed by atoms with E-state index in [9.17, 15) is 4.79 Å². The van der Waals surface area contributed by atoms with Gasteiger partial charge in [-0.2, -0.15) is 5.26 Å². The van der Waals surface area contributed by atoms with Crippen molar-refractivity contribution in [1.29, 1.82) is 5.26 Å². The summed E-state index contributed by atoms with van der Waals surface area (Å²) < 4.78 is 0. The summed E-state index contributed by atoms with van der Waals surface area (Å²) in [5.41, 5.74) is 4.34. The second kappa shape index (κ2) is 7.28. The lowest BCUT2D eigenvalue weighted by atomic mass is 10.2. The van der Waals surface area contributed by atoms with Gasteiger partial charge in [0, 0.05) is 23.3 Å². The number of rotatable bonds is 4. The van der Waals surface area contributed by atoms with Gasteiger partial charge in [0.1, 0.15) is 5.69 Å². The van der Waals surface area contributed by atoms with Crippen molar-refractivity contribution in [2.24, 2.45) is 0 Å². The van der Waals surface area contributed by atoms with E-state index < -0.39 is 0 Å². The summed E-state index contributed by atoms with van der Waals surface area (Å²) in [6, 6.07) is 20.2. The largest absolute Gasteiger partial charge is 0.355 e. The normalized spacial score (nSPS) is 9.92. The van der Waals surface area contributed by atoms with E-state index in [4.69, 9.17) is 5.26 Å². The lowest BCUT2D eigenvalue weighted by Crippen LogP contribution is -2.13. The number of aryl methyl sites for hydroxylation is 1. The number of hydrogen-bond acceptors (Lipinski definition) is 4. The smallest absolute Gasteiger partial charge is 0.274 e. The zero-order valence-corrected chi connectivity index (χ0v) is 13.7. The van der Waals surface area contributed by atoms with E-state index in [1.807, 2.05) is 43.3 Å². The molecular formula is C20H16N4O. The Kier molecular flexibility index (Phi) is 4.72. The van der Waals surface area contributed by atoms with Gasteiger partial charge in [-0.05, 0) is 55.5 Å². The number of benzene rings is 2. The summed E-state index contributed by atoms with van der Waals surface area (Å²) in [4.78, 5) is 16.5. The maximum absolute atomic E-state index is 12.3. The fourth-order valence-electron chi connectivity index (χ4n) is 2.26. The molecule has 0 aliphatic rings. The maximum atomic E-state index is 12.3. The van der Waals surface area contributed by atoms with Crippen LogP contribution in [0.25, 0.3) is 0 Å². The summed E-state index contributed by atoms with van der Waals surface area (Å²) >= 11 is 0. The molecule has 0 fully saturated rings. The minimum absolute atomic E-state index is 0.271. The third-order valence-electron chi connectivity index (χ3n) is 3.60. The first kappa shape index (κ1) is 16.2. The standard InChI is InChI=1S/C20H16N4O/c1-14-2-6-17(7-3-14)24-20(25)19-12-18(10-11-22-19)23-16-8-4-15(13-21)5-9-16/h2-12H,1H3,(H,22,23)(H,24,25).